The Labute approximate surface area is 165 Å². The van der Waals surface area contributed by atoms with E-state index < -0.39 is 10.0 Å². The summed E-state index contributed by atoms with van der Waals surface area (Å²) < 4.78 is 29.0. The standard InChI is InChI=1S/C22H24N2O3S/c25-22(16-8-9-16)24-13-12-17-14-18(10-11-21(17)24)28(26,27)23-20-7-3-5-15-4-1-2-6-19(15)20/h1-2,4,6,10-11,14,16,20,23H,3,5,7-9,12-13H2/t20-/m1/s1. The number of carbonyl (C=O) groups is 1. The van der Waals surface area contributed by atoms with Gasteiger partial charge in [0.1, 0.15) is 0 Å². The lowest BCUT2D eigenvalue weighted by Crippen LogP contribution is -2.31. The van der Waals surface area contributed by atoms with Gasteiger partial charge in [-0.2, -0.15) is 0 Å². The molecule has 1 atom stereocenters. The third-order valence-electron chi connectivity index (χ3n) is 6.12. The number of nitrogens with zero attached hydrogens (tertiary/aromatic N) is 1. The Bertz CT molecular complexity index is 1040. The lowest BCUT2D eigenvalue weighted by Gasteiger charge is -2.26. The Morgan fingerprint density at radius 2 is 1.82 bits per heavy atom. The molecule has 3 aliphatic rings. The van der Waals surface area contributed by atoms with Crippen molar-refractivity contribution >= 4 is 21.6 Å². The maximum Gasteiger partial charge on any atom is 0.241 e. The van der Waals surface area contributed by atoms with Gasteiger partial charge in [-0.25, -0.2) is 13.1 Å². The van der Waals surface area contributed by atoms with Crippen LogP contribution in [0.4, 0.5) is 5.69 Å². The van der Waals surface area contributed by atoms with Crippen LogP contribution in [0.1, 0.15) is 48.4 Å². The molecule has 1 fully saturated rings. The van der Waals surface area contributed by atoms with E-state index in [1.165, 1.54) is 5.56 Å². The number of carbonyl (C=O) groups excluding carboxylic acids is 1. The van der Waals surface area contributed by atoms with Crippen LogP contribution in [0.2, 0.25) is 0 Å². The van der Waals surface area contributed by atoms with Gasteiger partial charge in [0.25, 0.3) is 0 Å². The zero-order chi connectivity index (χ0) is 19.3. The van der Waals surface area contributed by atoms with Crippen molar-refractivity contribution in [1.82, 2.24) is 4.72 Å². The van der Waals surface area contributed by atoms with Crippen LogP contribution in [-0.4, -0.2) is 20.9 Å². The van der Waals surface area contributed by atoms with Crippen LogP contribution in [0, 0.1) is 5.92 Å². The highest BCUT2D eigenvalue weighted by Crippen LogP contribution is 2.37. The first-order chi connectivity index (χ1) is 13.5. The molecule has 0 bridgehead atoms. The lowest BCUT2D eigenvalue weighted by atomic mass is 9.88. The van der Waals surface area contributed by atoms with Crippen LogP contribution >= 0.6 is 0 Å². The van der Waals surface area contributed by atoms with Gasteiger partial charge >= 0.3 is 0 Å². The molecule has 0 saturated heterocycles. The van der Waals surface area contributed by atoms with Crippen LogP contribution < -0.4 is 9.62 Å². The molecule has 2 aromatic rings. The highest BCUT2D eigenvalue weighted by atomic mass is 32.2. The van der Waals surface area contributed by atoms with Crippen molar-refractivity contribution in [2.75, 3.05) is 11.4 Å². The van der Waals surface area contributed by atoms with Crippen molar-refractivity contribution in [3.8, 4) is 0 Å². The predicted octanol–water partition coefficient (Wildman–Crippen LogP) is 3.34. The molecule has 0 radical (unpaired) electrons. The van der Waals surface area contributed by atoms with Crippen molar-refractivity contribution in [3.05, 3.63) is 59.2 Å². The molecular formula is C22H24N2O3S. The maximum atomic E-state index is 13.1. The number of sulfonamides is 1. The molecule has 1 aliphatic heterocycles. The number of aryl methyl sites for hydroxylation is 1. The van der Waals surface area contributed by atoms with E-state index in [1.807, 2.05) is 23.1 Å². The minimum atomic E-state index is -3.62. The van der Waals surface area contributed by atoms with Gasteiger partial charge in [-0.3, -0.25) is 4.79 Å². The lowest BCUT2D eigenvalue weighted by molar-refractivity contribution is -0.119. The first-order valence-corrected chi connectivity index (χ1v) is 11.6. The van der Waals surface area contributed by atoms with Crippen LogP contribution in [0.15, 0.2) is 47.4 Å². The fourth-order valence-corrected chi connectivity index (χ4v) is 5.76. The number of anilines is 1. The summed E-state index contributed by atoms with van der Waals surface area (Å²) in [5.74, 6) is 0.355. The smallest absolute Gasteiger partial charge is 0.241 e. The Hall–Kier alpha value is -2.18. The molecule has 2 aliphatic carbocycles. The second kappa shape index (κ2) is 6.71. The van der Waals surface area contributed by atoms with E-state index in [0.717, 1.165) is 48.9 Å². The van der Waals surface area contributed by atoms with E-state index in [9.17, 15) is 13.2 Å². The molecule has 0 spiro atoms. The van der Waals surface area contributed by atoms with Crippen molar-refractivity contribution in [2.24, 2.45) is 5.92 Å². The molecule has 5 nitrogen and oxygen atoms in total. The van der Waals surface area contributed by atoms with Crippen LogP contribution in [-0.2, 0) is 27.7 Å². The van der Waals surface area contributed by atoms with Gasteiger partial charge < -0.3 is 4.90 Å². The molecular weight excluding hydrogens is 372 g/mol. The zero-order valence-corrected chi connectivity index (χ0v) is 16.5. The summed E-state index contributed by atoms with van der Waals surface area (Å²) in [6.45, 7) is 0.650. The zero-order valence-electron chi connectivity index (χ0n) is 15.7. The number of rotatable bonds is 4. The van der Waals surface area contributed by atoms with Gasteiger partial charge in [-0.05, 0) is 73.4 Å². The molecule has 0 unspecified atom stereocenters. The summed E-state index contributed by atoms with van der Waals surface area (Å²) in [5.41, 5.74) is 4.13. The quantitative estimate of drug-likeness (QED) is 0.862. The average Bonchev–Trinajstić information content (AvgIpc) is 3.46. The Balaban J connectivity index is 1.40. The molecule has 146 valence electrons. The van der Waals surface area contributed by atoms with Gasteiger partial charge in [-0.15, -0.1) is 0 Å². The number of hydrogen-bond donors (Lipinski definition) is 1. The molecule has 1 heterocycles. The molecule has 0 aromatic heterocycles. The normalized spacial score (nSPS) is 21.3. The summed E-state index contributed by atoms with van der Waals surface area (Å²) in [4.78, 5) is 14.5. The van der Waals surface area contributed by atoms with Gasteiger partial charge in [0, 0.05) is 24.2 Å². The second-order valence-corrected chi connectivity index (χ2v) is 9.78. The van der Waals surface area contributed by atoms with E-state index in [1.54, 1.807) is 18.2 Å². The van der Waals surface area contributed by atoms with Gasteiger partial charge in [0.05, 0.1) is 4.90 Å². The Morgan fingerprint density at radius 1 is 1.00 bits per heavy atom. The van der Waals surface area contributed by atoms with Gasteiger partial charge in [0.15, 0.2) is 0 Å². The first-order valence-electron chi connectivity index (χ1n) is 10.1. The van der Waals surface area contributed by atoms with Gasteiger partial charge in [-0.1, -0.05) is 24.3 Å². The molecule has 6 heteroatoms. The van der Waals surface area contributed by atoms with Crippen LogP contribution in [0.25, 0.3) is 0 Å². The highest BCUT2D eigenvalue weighted by molar-refractivity contribution is 7.89. The summed E-state index contributed by atoms with van der Waals surface area (Å²) in [6.07, 6.45) is 5.45. The first kappa shape index (κ1) is 17.9. The second-order valence-electron chi connectivity index (χ2n) is 8.07. The molecule has 2 aromatic carbocycles. The number of nitrogens with one attached hydrogen (secondary N) is 1. The summed E-state index contributed by atoms with van der Waals surface area (Å²) in [5, 5.41) is 0. The molecule has 28 heavy (non-hydrogen) atoms. The number of benzene rings is 2. The monoisotopic (exact) mass is 396 g/mol. The number of hydrogen-bond acceptors (Lipinski definition) is 3. The fraction of sp³-hybridized carbons (Fsp3) is 0.409. The summed E-state index contributed by atoms with van der Waals surface area (Å²) >= 11 is 0. The molecule has 1 amide bonds. The SMILES string of the molecule is O=C(C1CC1)N1CCc2cc(S(=O)(=O)N[C@@H]3CCCc4ccccc43)ccc21. The third kappa shape index (κ3) is 3.14. The van der Waals surface area contributed by atoms with Crippen LogP contribution in [0.5, 0.6) is 0 Å². The van der Waals surface area contributed by atoms with Crippen LogP contribution in [0.3, 0.4) is 0 Å². The molecule has 1 N–H and O–H groups in total. The minimum Gasteiger partial charge on any atom is -0.312 e. The van der Waals surface area contributed by atoms with E-state index in [4.69, 9.17) is 0 Å². The maximum absolute atomic E-state index is 13.1. The Kier molecular flexibility index (Phi) is 4.29. The van der Waals surface area contributed by atoms with E-state index in [0.29, 0.717) is 13.0 Å². The summed E-state index contributed by atoms with van der Waals surface area (Å²) in [7, 11) is -3.62. The van der Waals surface area contributed by atoms with E-state index in [2.05, 4.69) is 10.8 Å². The molecule has 1 saturated carbocycles. The Morgan fingerprint density at radius 3 is 2.64 bits per heavy atom. The van der Waals surface area contributed by atoms with Crippen molar-refractivity contribution < 1.29 is 13.2 Å². The topological polar surface area (TPSA) is 66.5 Å². The fourth-order valence-electron chi connectivity index (χ4n) is 4.46. The van der Waals surface area contributed by atoms with Gasteiger partial charge in [0.2, 0.25) is 15.9 Å². The molecule has 5 rings (SSSR count). The van der Waals surface area contributed by atoms with E-state index >= 15 is 0 Å². The largest absolute Gasteiger partial charge is 0.312 e. The highest BCUT2D eigenvalue weighted by Gasteiger charge is 2.37. The third-order valence-corrected chi connectivity index (χ3v) is 7.59. The predicted molar refractivity (Wildman–Crippen MR) is 108 cm³/mol. The van der Waals surface area contributed by atoms with Crippen molar-refractivity contribution in [1.29, 1.82) is 0 Å². The van der Waals surface area contributed by atoms with Crippen molar-refractivity contribution in [2.45, 2.75) is 49.5 Å². The number of amides is 1. The van der Waals surface area contributed by atoms with E-state index in [-0.39, 0.29) is 22.8 Å². The average molecular weight is 397 g/mol. The van der Waals surface area contributed by atoms with Crippen molar-refractivity contribution in [3.63, 3.8) is 0 Å². The summed E-state index contributed by atoms with van der Waals surface area (Å²) in [6, 6.07) is 13.1. The minimum absolute atomic E-state index is 0.169. The number of fused-ring (bicyclic) bond motifs is 2.